The van der Waals surface area contributed by atoms with E-state index in [9.17, 15) is 38.4 Å². The highest BCUT2D eigenvalue weighted by molar-refractivity contribution is 6.04. The van der Waals surface area contributed by atoms with Crippen molar-refractivity contribution < 1.29 is 37.5 Å². The number of hydrogen-bond acceptors (Lipinski definition) is 15. The number of imide groups is 2. The maximum Gasteiger partial charge on any atom is 0.329 e. The number of aryl methyl sites for hydroxylation is 5. The number of halogens is 2. The van der Waals surface area contributed by atoms with Gasteiger partial charge in [0.15, 0.2) is 0 Å². The summed E-state index contributed by atoms with van der Waals surface area (Å²) in [6.45, 7) is 10.3. The molecule has 10 aromatic rings. The number of rotatable bonds is 18. The molecule has 4 aromatic carbocycles. The molecule has 598 valence electrons. The summed E-state index contributed by atoms with van der Waals surface area (Å²) in [6.07, 6.45) is 15.1. The van der Waals surface area contributed by atoms with Crippen LogP contribution in [0.1, 0.15) is 154 Å². The zero-order valence-electron chi connectivity index (χ0n) is 65.7. The van der Waals surface area contributed by atoms with Crippen molar-refractivity contribution in [3.8, 4) is 45.0 Å². The molecule has 6 N–H and O–H groups in total. The number of amides is 6. The second-order valence-electron chi connectivity index (χ2n) is 34.7. The Labute approximate surface area is 668 Å². The molecule has 8 aliphatic heterocycles. The minimum atomic E-state index is -0.729. The van der Waals surface area contributed by atoms with Crippen LogP contribution in [0, 0.1) is 17.6 Å². The first-order valence-corrected chi connectivity index (χ1v) is 41.6. The average molecular weight is 1570 g/mol. The molecule has 2 aliphatic carbocycles. The number of benzene rings is 4. The van der Waals surface area contributed by atoms with Crippen LogP contribution in [0.4, 0.5) is 20.2 Å². The Morgan fingerprint density at radius 3 is 1.62 bits per heavy atom. The van der Waals surface area contributed by atoms with Crippen molar-refractivity contribution in [1.82, 2.24) is 74.2 Å². The molecular weight excluding hydrogens is 1470 g/mol. The zero-order valence-corrected chi connectivity index (χ0v) is 65.7. The van der Waals surface area contributed by atoms with Crippen molar-refractivity contribution in [2.24, 2.45) is 20.0 Å². The Bertz CT molecular complexity index is 5910. The van der Waals surface area contributed by atoms with E-state index in [-0.39, 0.29) is 77.2 Å². The second-order valence-corrected chi connectivity index (χ2v) is 34.7. The third-order valence-corrected chi connectivity index (χ3v) is 27.6. The first-order chi connectivity index (χ1) is 56.2. The van der Waals surface area contributed by atoms with Gasteiger partial charge < -0.3 is 40.2 Å². The van der Waals surface area contributed by atoms with Gasteiger partial charge in [0.1, 0.15) is 23.7 Å². The standard InChI is InChI=1S/C89H95F2N17O8/c1-100-46-88(47-100)44-94-85(114)75-62-36-54(63-42-93-67(40-61(63)77(62)99-81(75)88)58-21-18-55(37-64(58)90)105-30-27-50(28-31-105)10-4-5-11-51-13-8-15-68-78(51)101(2)86(115)107(68)70-23-25-72(109)96-82(70)111)43-104-48-89(49-104)45-95-84(113)74-59-20-17-53-41-92-66(39-60(53)76(59)98-80(74)89)57-22-19-56(38-65(57)91)106-34-32-103(33-35-106)29-7-6-12-52-14-9-16-69-79(52)102(3)87(116)108(69)71-24-26-73(110)97-83(71)112/h8-9,13-16,18-19,21-22,37-42,50,54,70-71,98-99H,4-7,10-12,17,20,23-36,43-49H2,1-3H3,(H,94,114)(H,95,113)(H,96,109,111)(H,97,110,112). The minimum Gasteiger partial charge on any atom is -0.371 e. The van der Waals surface area contributed by atoms with Crippen LogP contribution >= 0.6 is 0 Å². The number of carbonyl (C=O) groups excluding carboxylic acids is 6. The SMILES string of the molecule is CN1CC2(CNC(=O)c3c2[nH]c2c3CC(CN3CC4(CNC(=O)c5c4[nH]c4c5CCc5cnc(-c6ccc(N7CCN(CCCCc8cccc9c8n(C)c(=O)n9C8CCC(=O)NC8=O)CC7)cc6F)cc5-4)C3)c3cnc(-c4ccc(N5CCC(CCCCc6cccc7c6n(C)c(=O)n7C6CCC(=O)NC6=O)CC5)cc4F)cc3-2)C1. The van der Waals surface area contributed by atoms with Crippen molar-refractivity contribution in [1.29, 1.82) is 0 Å². The first-order valence-electron chi connectivity index (χ1n) is 41.6. The molecule has 0 bridgehead atoms. The second kappa shape index (κ2) is 28.6. The summed E-state index contributed by atoms with van der Waals surface area (Å²) in [5.41, 5.74) is 18.5. The van der Waals surface area contributed by atoms with Crippen molar-refractivity contribution in [3.05, 3.63) is 186 Å². The van der Waals surface area contributed by atoms with Crippen LogP contribution in [0.2, 0.25) is 0 Å². The third-order valence-electron chi connectivity index (χ3n) is 27.6. The minimum absolute atomic E-state index is 0.0634. The molecular formula is C89H95F2N17O8. The quantitative estimate of drug-likeness (QED) is 0.0346. The number of aromatic amines is 2. The van der Waals surface area contributed by atoms with E-state index in [1.807, 2.05) is 79.1 Å². The van der Waals surface area contributed by atoms with Crippen LogP contribution in [-0.4, -0.2) is 187 Å². The summed E-state index contributed by atoms with van der Waals surface area (Å²) in [7, 11) is 5.59. The van der Waals surface area contributed by atoms with Gasteiger partial charge in [-0.2, -0.15) is 0 Å². The number of para-hydroxylation sites is 2. The van der Waals surface area contributed by atoms with Crippen LogP contribution in [0.3, 0.4) is 0 Å². The lowest BCUT2D eigenvalue weighted by Crippen LogP contribution is -2.66. The molecule has 6 fully saturated rings. The van der Waals surface area contributed by atoms with Gasteiger partial charge in [-0.3, -0.25) is 72.5 Å². The van der Waals surface area contributed by atoms with Gasteiger partial charge in [-0.15, -0.1) is 0 Å². The normalized spacial score (nSPS) is 21.2. The van der Waals surface area contributed by atoms with E-state index in [4.69, 9.17) is 9.97 Å². The Balaban J connectivity index is 0.486. The summed E-state index contributed by atoms with van der Waals surface area (Å²) in [4.78, 5) is 134. The summed E-state index contributed by atoms with van der Waals surface area (Å²) in [5.74, 6) is -1.93. The van der Waals surface area contributed by atoms with Crippen molar-refractivity contribution in [2.75, 3.05) is 108 Å². The van der Waals surface area contributed by atoms with Crippen LogP contribution in [-0.2, 0) is 76.2 Å². The number of unbranched alkanes of at least 4 members (excludes halogenated alkanes) is 2. The van der Waals surface area contributed by atoms with Crippen LogP contribution in [0.25, 0.3) is 67.1 Å². The number of anilines is 2. The molecule has 3 atom stereocenters. The van der Waals surface area contributed by atoms with Gasteiger partial charge in [0.05, 0.1) is 66.8 Å². The molecule has 14 heterocycles. The number of carbonyl (C=O) groups is 6. The highest BCUT2D eigenvalue weighted by atomic mass is 19.1. The van der Waals surface area contributed by atoms with Crippen LogP contribution < -0.4 is 42.4 Å². The number of H-pyrrole nitrogens is 2. The zero-order chi connectivity index (χ0) is 79.3. The number of piperidine rings is 3. The first kappa shape index (κ1) is 73.7. The monoisotopic (exact) mass is 1570 g/mol. The van der Waals surface area contributed by atoms with E-state index < -0.39 is 29.3 Å². The van der Waals surface area contributed by atoms with E-state index in [0.717, 1.165) is 212 Å². The van der Waals surface area contributed by atoms with Gasteiger partial charge in [0, 0.05) is 175 Å². The molecule has 25 nitrogen and oxygen atoms in total. The average Bonchev–Trinajstić information content (AvgIpc) is 1.53. The highest BCUT2D eigenvalue weighted by Crippen LogP contribution is 2.51. The van der Waals surface area contributed by atoms with Crippen molar-refractivity contribution in [2.45, 2.75) is 132 Å². The summed E-state index contributed by atoms with van der Waals surface area (Å²) < 4.78 is 39.9. The van der Waals surface area contributed by atoms with Gasteiger partial charge in [0.25, 0.3) is 11.8 Å². The molecule has 0 radical (unpaired) electrons. The molecule has 27 heteroatoms. The fraction of sp³-hybridized carbons (Fsp3) is 0.438. The Hall–Kier alpha value is -11.2. The van der Waals surface area contributed by atoms with Crippen LogP contribution in [0.15, 0.2) is 107 Å². The lowest BCUT2D eigenvalue weighted by molar-refractivity contribution is -0.137. The molecule has 6 aromatic heterocycles. The number of fused-ring (bicyclic) bond motifs is 14. The van der Waals surface area contributed by atoms with E-state index >= 15 is 8.78 Å². The predicted molar refractivity (Wildman–Crippen MR) is 436 cm³/mol. The largest absolute Gasteiger partial charge is 0.371 e. The number of likely N-dealkylation sites (tertiary alicyclic amines) is 2. The molecule has 116 heavy (non-hydrogen) atoms. The van der Waals surface area contributed by atoms with Crippen LogP contribution in [0.5, 0.6) is 0 Å². The van der Waals surface area contributed by atoms with E-state index in [2.05, 4.69) is 68.8 Å². The van der Waals surface area contributed by atoms with Gasteiger partial charge in [-0.05, 0) is 191 Å². The number of piperazine rings is 1. The number of nitrogens with one attached hydrogen (secondary N) is 6. The van der Waals surface area contributed by atoms with E-state index in [0.29, 0.717) is 103 Å². The smallest absolute Gasteiger partial charge is 0.329 e. The summed E-state index contributed by atoms with van der Waals surface area (Å²) in [6, 6.07) is 25.2. The van der Waals surface area contributed by atoms with E-state index in [1.165, 1.54) is 4.57 Å². The maximum atomic E-state index is 16.9. The van der Waals surface area contributed by atoms with Gasteiger partial charge >= 0.3 is 11.4 Å². The summed E-state index contributed by atoms with van der Waals surface area (Å²) >= 11 is 0. The lowest BCUT2D eigenvalue weighted by Gasteiger charge is -2.53. The Morgan fingerprint density at radius 2 is 1.05 bits per heavy atom. The van der Waals surface area contributed by atoms with Gasteiger partial charge in [-0.1, -0.05) is 37.1 Å². The maximum absolute atomic E-state index is 16.9. The number of likely N-dealkylation sites (N-methyl/N-ethyl adjacent to an activating group) is 1. The molecule has 6 amide bonds. The third kappa shape index (κ3) is 12.4. The fourth-order valence-corrected chi connectivity index (χ4v) is 21.7. The fourth-order valence-electron chi connectivity index (χ4n) is 21.7. The number of hydrogen-bond donors (Lipinski definition) is 6. The molecule has 10 aliphatic rings. The van der Waals surface area contributed by atoms with Gasteiger partial charge in [-0.25, -0.2) is 18.4 Å². The number of imidazole rings is 2. The number of nitrogens with zero attached hydrogens (tertiary/aromatic N) is 11. The predicted octanol–water partition coefficient (Wildman–Crippen LogP) is 8.78. The number of pyridine rings is 2. The van der Waals surface area contributed by atoms with Gasteiger partial charge in [0.2, 0.25) is 23.6 Å². The van der Waals surface area contributed by atoms with Crippen molar-refractivity contribution >= 4 is 68.9 Å². The Morgan fingerprint density at radius 1 is 0.517 bits per heavy atom. The number of aromatic nitrogens is 8. The lowest BCUT2D eigenvalue weighted by atomic mass is 9.71. The van der Waals surface area contributed by atoms with Crippen molar-refractivity contribution in [3.63, 3.8) is 0 Å². The molecule has 0 saturated carbocycles. The molecule has 2 spiro atoms. The topological polar surface area (TPSA) is 278 Å². The molecule has 20 rings (SSSR count). The van der Waals surface area contributed by atoms with E-state index in [1.54, 1.807) is 39.9 Å². The molecule has 3 unspecified atom stereocenters. The Kier molecular flexibility index (Phi) is 18.2. The summed E-state index contributed by atoms with van der Waals surface area (Å²) in [5, 5.41) is 11.4. The molecule has 6 saturated heterocycles. The highest BCUT2D eigenvalue weighted by Gasteiger charge is 2.54.